The fraction of sp³-hybridized carbons (Fsp3) is 0.600. The zero-order chi connectivity index (χ0) is 13.5. The molecule has 0 aromatic heterocycles. The van der Waals surface area contributed by atoms with Crippen LogP contribution in [0.4, 0.5) is 0 Å². The molecule has 1 fully saturated rings. The van der Waals surface area contributed by atoms with Gasteiger partial charge in [-0.2, -0.15) is 0 Å². The van der Waals surface area contributed by atoms with Crippen molar-refractivity contribution in [1.82, 2.24) is 16.2 Å². The summed E-state index contributed by atoms with van der Waals surface area (Å²) >= 11 is 0. The first-order valence-electron chi connectivity index (χ1n) is 7.28. The molecule has 2 unspecified atom stereocenters. The van der Waals surface area contributed by atoms with E-state index in [0.717, 1.165) is 38.3 Å². The van der Waals surface area contributed by atoms with Gasteiger partial charge in [0.1, 0.15) is 5.75 Å². The molecule has 1 saturated heterocycles. The van der Waals surface area contributed by atoms with E-state index in [9.17, 15) is 0 Å². The lowest BCUT2D eigenvalue weighted by Gasteiger charge is -2.11. The van der Waals surface area contributed by atoms with Gasteiger partial charge in [-0.1, -0.05) is 26.0 Å². The summed E-state index contributed by atoms with van der Waals surface area (Å²) in [6.07, 6.45) is 2.16. The molecule has 0 radical (unpaired) electrons. The molecule has 19 heavy (non-hydrogen) atoms. The van der Waals surface area contributed by atoms with Gasteiger partial charge >= 0.3 is 0 Å². The SMILES string of the molecule is CCCOc1ccc(C2CC(CNCC)NN2)cc1. The van der Waals surface area contributed by atoms with Crippen molar-refractivity contribution >= 4 is 0 Å². The van der Waals surface area contributed by atoms with Gasteiger partial charge in [0.25, 0.3) is 0 Å². The molecule has 0 spiro atoms. The first-order chi connectivity index (χ1) is 9.33. The minimum absolute atomic E-state index is 0.392. The van der Waals surface area contributed by atoms with Gasteiger partial charge in [-0.05, 0) is 37.1 Å². The quantitative estimate of drug-likeness (QED) is 0.704. The summed E-state index contributed by atoms with van der Waals surface area (Å²) in [7, 11) is 0. The van der Waals surface area contributed by atoms with Crippen molar-refractivity contribution in [1.29, 1.82) is 0 Å². The molecule has 0 bridgehead atoms. The molecule has 0 aliphatic carbocycles. The van der Waals surface area contributed by atoms with E-state index in [0.29, 0.717) is 12.1 Å². The smallest absolute Gasteiger partial charge is 0.119 e. The number of hydrogen-bond acceptors (Lipinski definition) is 4. The molecule has 4 heteroatoms. The Morgan fingerprint density at radius 3 is 2.68 bits per heavy atom. The fourth-order valence-electron chi connectivity index (χ4n) is 2.31. The van der Waals surface area contributed by atoms with E-state index in [1.54, 1.807) is 0 Å². The third-order valence-corrected chi connectivity index (χ3v) is 3.38. The van der Waals surface area contributed by atoms with E-state index in [2.05, 4.69) is 54.3 Å². The molecule has 1 heterocycles. The summed E-state index contributed by atoms with van der Waals surface area (Å²) in [5, 5.41) is 3.37. The van der Waals surface area contributed by atoms with Crippen LogP contribution >= 0.6 is 0 Å². The summed E-state index contributed by atoms with van der Waals surface area (Å²) in [6, 6.07) is 9.32. The molecule has 0 saturated carbocycles. The Balaban J connectivity index is 1.85. The topological polar surface area (TPSA) is 45.3 Å². The van der Waals surface area contributed by atoms with Crippen LogP contribution in [0, 0.1) is 0 Å². The molecule has 1 aliphatic rings. The van der Waals surface area contributed by atoms with Gasteiger partial charge in [0.15, 0.2) is 0 Å². The normalized spacial score (nSPS) is 22.6. The lowest BCUT2D eigenvalue weighted by atomic mass is 10.0. The number of nitrogens with one attached hydrogen (secondary N) is 3. The Morgan fingerprint density at radius 1 is 1.21 bits per heavy atom. The predicted octanol–water partition coefficient (Wildman–Crippen LogP) is 1.99. The van der Waals surface area contributed by atoms with Gasteiger partial charge in [0, 0.05) is 18.6 Å². The monoisotopic (exact) mass is 263 g/mol. The van der Waals surface area contributed by atoms with Gasteiger partial charge in [-0.3, -0.25) is 5.43 Å². The van der Waals surface area contributed by atoms with Gasteiger partial charge in [0.2, 0.25) is 0 Å². The van der Waals surface area contributed by atoms with Crippen molar-refractivity contribution in [2.75, 3.05) is 19.7 Å². The highest BCUT2D eigenvalue weighted by Crippen LogP contribution is 2.24. The highest BCUT2D eigenvalue weighted by Gasteiger charge is 2.24. The van der Waals surface area contributed by atoms with E-state index in [4.69, 9.17) is 4.74 Å². The second kappa shape index (κ2) is 7.48. The predicted molar refractivity (Wildman–Crippen MR) is 78.2 cm³/mol. The van der Waals surface area contributed by atoms with Crippen molar-refractivity contribution in [3.8, 4) is 5.75 Å². The first kappa shape index (κ1) is 14.3. The summed E-state index contributed by atoms with van der Waals surface area (Å²) < 4.78 is 5.60. The van der Waals surface area contributed by atoms with Crippen LogP contribution in [0.15, 0.2) is 24.3 Å². The number of hydrazine groups is 1. The second-order valence-corrected chi connectivity index (χ2v) is 5.00. The van der Waals surface area contributed by atoms with Gasteiger partial charge in [-0.25, -0.2) is 5.43 Å². The molecule has 2 rings (SSSR count). The number of likely N-dealkylation sites (N-methyl/N-ethyl adjacent to an activating group) is 1. The van der Waals surface area contributed by atoms with E-state index in [-0.39, 0.29) is 0 Å². The minimum atomic E-state index is 0.392. The Hall–Kier alpha value is -1.10. The molecular weight excluding hydrogens is 238 g/mol. The van der Waals surface area contributed by atoms with Crippen LogP contribution in [0.1, 0.15) is 38.3 Å². The number of hydrogen-bond donors (Lipinski definition) is 3. The zero-order valence-corrected chi connectivity index (χ0v) is 11.9. The molecule has 0 amide bonds. The molecule has 106 valence electrons. The van der Waals surface area contributed by atoms with Crippen LogP contribution in [-0.2, 0) is 0 Å². The number of rotatable bonds is 7. The molecule has 1 aromatic rings. The Morgan fingerprint density at radius 2 is 2.00 bits per heavy atom. The third kappa shape index (κ3) is 4.20. The lowest BCUT2D eigenvalue weighted by molar-refractivity contribution is 0.317. The Labute approximate surface area is 115 Å². The van der Waals surface area contributed by atoms with Gasteiger partial charge in [0.05, 0.1) is 6.61 Å². The van der Waals surface area contributed by atoms with E-state index in [1.807, 2.05) is 0 Å². The summed E-state index contributed by atoms with van der Waals surface area (Å²) in [6.45, 7) is 7.07. The van der Waals surface area contributed by atoms with E-state index in [1.165, 1.54) is 5.56 Å². The van der Waals surface area contributed by atoms with Crippen LogP contribution < -0.4 is 20.9 Å². The molecule has 3 N–H and O–H groups in total. The molecule has 1 aliphatic heterocycles. The zero-order valence-electron chi connectivity index (χ0n) is 11.9. The molecule has 4 nitrogen and oxygen atoms in total. The maximum Gasteiger partial charge on any atom is 0.119 e. The van der Waals surface area contributed by atoms with Crippen molar-refractivity contribution in [2.24, 2.45) is 0 Å². The molecule has 2 atom stereocenters. The Kier molecular flexibility index (Phi) is 5.63. The van der Waals surface area contributed by atoms with Crippen molar-refractivity contribution in [3.05, 3.63) is 29.8 Å². The second-order valence-electron chi connectivity index (χ2n) is 5.00. The van der Waals surface area contributed by atoms with Crippen LogP contribution in [0.2, 0.25) is 0 Å². The van der Waals surface area contributed by atoms with Crippen LogP contribution in [0.3, 0.4) is 0 Å². The van der Waals surface area contributed by atoms with Crippen LogP contribution in [0.5, 0.6) is 5.75 Å². The highest BCUT2D eigenvalue weighted by molar-refractivity contribution is 5.29. The summed E-state index contributed by atoms with van der Waals surface area (Å²) in [5.74, 6) is 0.959. The average molecular weight is 263 g/mol. The largest absolute Gasteiger partial charge is 0.494 e. The van der Waals surface area contributed by atoms with Crippen molar-refractivity contribution in [2.45, 2.75) is 38.8 Å². The molecule has 1 aromatic carbocycles. The summed E-state index contributed by atoms with van der Waals surface area (Å²) in [4.78, 5) is 0. The van der Waals surface area contributed by atoms with Crippen molar-refractivity contribution in [3.63, 3.8) is 0 Å². The van der Waals surface area contributed by atoms with Crippen molar-refractivity contribution < 1.29 is 4.74 Å². The van der Waals surface area contributed by atoms with Crippen LogP contribution in [0.25, 0.3) is 0 Å². The average Bonchev–Trinajstić information content (AvgIpc) is 2.92. The van der Waals surface area contributed by atoms with Gasteiger partial charge < -0.3 is 10.1 Å². The third-order valence-electron chi connectivity index (χ3n) is 3.38. The number of ether oxygens (including phenoxy) is 1. The standard InChI is InChI=1S/C15H25N3O/c1-3-9-19-14-7-5-12(6-8-14)15-10-13(17-18-15)11-16-4-2/h5-8,13,15-18H,3-4,9-11H2,1-2H3. The van der Waals surface area contributed by atoms with E-state index >= 15 is 0 Å². The van der Waals surface area contributed by atoms with Gasteiger partial charge in [-0.15, -0.1) is 0 Å². The highest BCUT2D eigenvalue weighted by atomic mass is 16.5. The molecular formula is C15H25N3O. The van der Waals surface area contributed by atoms with Crippen LogP contribution in [-0.4, -0.2) is 25.7 Å². The maximum atomic E-state index is 5.60. The Bertz CT molecular complexity index is 366. The number of benzene rings is 1. The van der Waals surface area contributed by atoms with E-state index < -0.39 is 0 Å². The lowest BCUT2D eigenvalue weighted by Crippen LogP contribution is -2.37. The minimum Gasteiger partial charge on any atom is -0.494 e. The fourth-order valence-corrected chi connectivity index (χ4v) is 2.31. The first-order valence-corrected chi connectivity index (χ1v) is 7.28. The summed E-state index contributed by atoms with van der Waals surface area (Å²) in [5.41, 5.74) is 8.02. The maximum absolute atomic E-state index is 5.60.